The Labute approximate surface area is 86.3 Å². The molecule has 0 aromatic rings. The Balaban J connectivity index is -0.0000000900. The monoisotopic (exact) mass is 294 g/mol. The Kier molecular flexibility index (Phi) is 29.2. The van der Waals surface area contributed by atoms with E-state index in [9.17, 15) is 0 Å². The van der Waals surface area contributed by atoms with Gasteiger partial charge < -0.3 is 4.74 Å². The number of hydrogen-bond acceptors (Lipinski definition) is 1. The van der Waals surface area contributed by atoms with Crippen LogP contribution >= 0.6 is 24.8 Å². The third-order valence-corrected chi connectivity index (χ3v) is 0.827. The fourth-order valence-electron chi connectivity index (χ4n) is 0.510. The van der Waals surface area contributed by atoms with E-state index in [4.69, 9.17) is 4.74 Å². The molecule has 1 rings (SSSR count). The van der Waals surface area contributed by atoms with Gasteiger partial charge in [-0.25, -0.2) is 0 Å². The Morgan fingerprint density at radius 2 is 1.30 bits per heavy atom. The predicted molar refractivity (Wildman–Crippen MR) is 52.0 cm³/mol. The van der Waals surface area contributed by atoms with Crippen molar-refractivity contribution < 1.29 is 4.74 Å². The summed E-state index contributed by atoms with van der Waals surface area (Å²) in [6.07, 6.45) is 2.56. The molecule has 1 nitrogen and oxygen atoms in total. The average Bonchev–Trinajstić information content (AvgIpc) is 2.17. The molecule has 0 atom stereocenters. The van der Waals surface area contributed by atoms with E-state index < -0.39 is 0 Å². The first-order valence-corrected chi connectivity index (χ1v) is 8.79. The Bertz CT molecular complexity index is 35.1. The molecule has 1 aliphatic heterocycles. The first-order valence-electron chi connectivity index (χ1n) is 3.08. The average molecular weight is 294 g/mol. The van der Waals surface area contributed by atoms with Crippen LogP contribution in [-0.2, 0) is 4.74 Å². The molecule has 1 fully saturated rings. The third-order valence-electron chi connectivity index (χ3n) is 0.827. The molecule has 1 aliphatic rings. The van der Waals surface area contributed by atoms with Gasteiger partial charge in [0.15, 0.2) is 0 Å². The van der Waals surface area contributed by atoms with Gasteiger partial charge in [-0.1, -0.05) is 0 Å². The van der Waals surface area contributed by atoms with Crippen LogP contribution in [0.5, 0.6) is 0 Å². The van der Waals surface area contributed by atoms with Crippen molar-refractivity contribution in [2.45, 2.75) is 22.7 Å². The molecule has 2 radical (unpaired) electrons. The van der Waals surface area contributed by atoms with Crippen molar-refractivity contribution in [3.63, 3.8) is 0 Å². The van der Waals surface area contributed by atoms with Crippen molar-refractivity contribution in [2.75, 3.05) is 13.2 Å². The molecule has 64 valence electrons. The molecule has 4 heteroatoms. The van der Waals surface area contributed by atoms with Crippen molar-refractivity contribution in [1.82, 2.24) is 0 Å². The van der Waals surface area contributed by atoms with Crippen molar-refractivity contribution >= 4 is 46.0 Å². The van der Waals surface area contributed by atoms with Crippen LogP contribution in [0.3, 0.4) is 0 Å². The Morgan fingerprint density at radius 3 is 1.40 bits per heavy atom. The molecule has 0 amide bonds. The Hall–Kier alpha value is 1.34. The fourth-order valence-corrected chi connectivity index (χ4v) is 0.510. The van der Waals surface area contributed by atoms with E-state index in [-0.39, 0.29) is 46.0 Å². The van der Waals surface area contributed by atoms with Gasteiger partial charge in [0.2, 0.25) is 0 Å². The van der Waals surface area contributed by atoms with Crippen LogP contribution in [0, 0.1) is 0 Å². The first-order chi connectivity index (χ1) is 3.91. The first kappa shape index (κ1) is 17.4. The normalized spacial score (nSPS) is 13.8. The van der Waals surface area contributed by atoms with Gasteiger partial charge in [0.25, 0.3) is 0 Å². The van der Waals surface area contributed by atoms with E-state index >= 15 is 0 Å². The van der Waals surface area contributed by atoms with Gasteiger partial charge in [-0.3, -0.25) is 0 Å². The van der Waals surface area contributed by atoms with E-state index in [1.807, 2.05) is 0 Å². The second kappa shape index (κ2) is 16.7. The van der Waals surface area contributed by atoms with E-state index in [0.717, 1.165) is 13.2 Å². The summed E-state index contributed by atoms with van der Waals surface area (Å²) in [4.78, 5) is 4.59. The van der Waals surface area contributed by atoms with Crippen LogP contribution in [0.4, 0.5) is 0 Å². The zero-order valence-corrected chi connectivity index (χ0v) is 11.0. The summed E-state index contributed by atoms with van der Waals surface area (Å²) in [5.41, 5.74) is 0. The molecule has 0 bridgehead atoms. The van der Waals surface area contributed by atoms with Gasteiger partial charge in [0.1, 0.15) is 0 Å². The summed E-state index contributed by atoms with van der Waals surface area (Å²) in [5.74, 6) is 0. The molecular formula is C6H16Cl2OSn. The van der Waals surface area contributed by atoms with Gasteiger partial charge in [-0.15, -0.1) is 24.8 Å². The molecule has 0 aliphatic carbocycles. The van der Waals surface area contributed by atoms with Crippen LogP contribution < -0.4 is 0 Å². The summed E-state index contributed by atoms with van der Waals surface area (Å²) in [5, 5.41) is 0. The van der Waals surface area contributed by atoms with Crippen LogP contribution in [0.15, 0.2) is 0 Å². The minimum absolute atomic E-state index is 0. The number of rotatable bonds is 0. The summed E-state index contributed by atoms with van der Waals surface area (Å²) < 4.78 is 4.94. The van der Waals surface area contributed by atoms with Gasteiger partial charge >= 0.3 is 31.0 Å². The second-order valence-electron chi connectivity index (χ2n) is 1.82. The predicted octanol–water partition coefficient (Wildman–Crippen LogP) is 2.43. The second-order valence-corrected chi connectivity index (χ2v) is 4.67. The van der Waals surface area contributed by atoms with E-state index in [0.29, 0.717) is 0 Å². The van der Waals surface area contributed by atoms with Gasteiger partial charge in [-0.05, 0) is 12.8 Å². The molecule has 1 heterocycles. The fraction of sp³-hybridized carbons (Fsp3) is 1.00. The quantitative estimate of drug-likeness (QED) is 0.623. The molecule has 0 N–H and O–H groups in total. The molecule has 0 unspecified atom stereocenters. The summed E-state index contributed by atoms with van der Waals surface area (Å²) in [6.45, 7) is 2.00. The van der Waals surface area contributed by atoms with Gasteiger partial charge in [0, 0.05) is 13.2 Å². The van der Waals surface area contributed by atoms with Crippen LogP contribution in [0.1, 0.15) is 12.8 Å². The third kappa shape index (κ3) is 16.2. The van der Waals surface area contributed by atoms with Crippen molar-refractivity contribution in [3.05, 3.63) is 0 Å². The molecule has 0 saturated carbocycles. The SMILES string of the molecule is C1CCOC1.Cl.Cl.[CH3][Sn][CH3]. The zero-order valence-electron chi connectivity index (χ0n) is 6.55. The molecule has 1 saturated heterocycles. The van der Waals surface area contributed by atoms with Crippen LogP contribution in [0.2, 0.25) is 9.88 Å². The summed E-state index contributed by atoms with van der Waals surface area (Å²) in [7, 11) is 0. The standard InChI is InChI=1S/C4H8O.2CH3.2ClH.Sn/c1-2-4-5-3-1;;;;;/h1-4H2;2*1H3;2*1H;. The van der Waals surface area contributed by atoms with Crippen LogP contribution in [-0.4, -0.2) is 34.4 Å². The molecule has 10 heavy (non-hydrogen) atoms. The molecule has 0 aromatic heterocycles. The van der Waals surface area contributed by atoms with Gasteiger partial charge in [-0.2, -0.15) is 0 Å². The van der Waals surface area contributed by atoms with Crippen molar-refractivity contribution in [3.8, 4) is 0 Å². The minimum atomic E-state index is 0. The topological polar surface area (TPSA) is 9.23 Å². The maximum atomic E-state index is 4.94. The van der Waals surface area contributed by atoms with E-state index in [1.54, 1.807) is 0 Å². The molecule has 0 aromatic carbocycles. The number of halogens is 2. The Morgan fingerprint density at radius 1 is 1.00 bits per heavy atom. The van der Waals surface area contributed by atoms with Gasteiger partial charge in [0.05, 0.1) is 0 Å². The van der Waals surface area contributed by atoms with E-state index in [1.165, 1.54) is 12.8 Å². The maximum absolute atomic E-state index is 4.94. The summed E-state index contributed by atoms with van der Waals surface area (Å²) in [6, 6.07) is 0. The molecular weight excluding hydrogens is 278 g/mol. The van der Waals surface area contributed by atoms with Crippen LogP contribution in [0.25, 0.3) is 0 Å². The zero-order chi connectivity index (χ0) is 6.24. The number of hydrogen-bond donors (Lipinski definition) is 0. The molecule has 0 spiro atoms. The van der Waals surface area contributed by atoms with E-state index in [2.05, 4.69) is 9.88 Å². The number of ether oxygens (including phenoxy) is 1. The van der Waals surface area contributed by atoms with Crippen molar-refractivity contribution in [2.24, 2.45) is 0 Å². The summed E-state index contributed by atoms with van der Waals surface area (Å²) >= 11 is 0.230. The van der Waals surface area contributed by atoms with Crippen molar-refractivity contribution in [1.29, 1.82) is 0 Å².